The van der Waals surface area contributed by atoms with Gasteiger partial charge >= 0.3 is 18.2 Å². The maximum absolute atomic E-state index is 12.5. The van der Waals surface area contributed by atoms with Crippen LogP contribution in [0.25, 0.3) is 0 Å². The maximum Gasteiger partial charge on any atom is 0.468 e. The van der Waals surface area contributed by atoms with Crippen molar-refractivity contribution in [3.05, 3.63) is 71.8 Å². The van der Waals surface area contributed by atoms with E-state index in [0.717, 1.165) is 5.56 Å². The molecule has 2 aromatic rings. The fourth-order valence-electron chi connectivity index (χ4n) is 2.72. The van der Waals surface area contributed by atoms with E-state index < -0.39 is 30.0 Å². The van der Waals surface area contributed by atoms with Crippen molar-refractivity contribution in [2.45, 2.75) is 19.4 Å². The summed E-state index contributed by atoms with van der Waals surface area (Å²) < 4.78 is 5.07. The first-order valence-electron chi connectivity index (χ1n) is 10.0. The van der Waals surface area contributed by atoms with Gasteiger partial charge in [0, 0.05) is 19.4 Å². The van der Waals surface area contributed by atoms with Crippen molar-refractivity contribution < 1.29 is 38.4 Å². The lowest BCUT2D eigenvalue weighted by atomic mass is 10.2. The van der Waals surface area contributed by atoms with Gasteiger partial charge in [-0.25, -0.2) is 14.4 Å². The smallest absolute Gasteiger partial charge is 0.445 e. The molecule has 172 valence electrons. The van der Waals surface area contributed by atoms with Crippen LogP contribution in [0.5, 0.6) is 0 Å². The molecule has 0 unspecified atom stereocenters. The summed E-state index contributed by atoms with van der Waals surface area (Å²) >= 11 is 0. The maximum atomic E-state index is 12.5. The van der Waals surface area contributed by atoms with E-state index in [1.54, 1.807) is 42.5 Å². The number of imide groups is 1. The van der Waals surface area contributed by atoms with Gasteiger partial charge in [-0.05, 0) is 17.7 Å². The average molecular weight is 455 g/mol. The number of nitrogens with zero attached hydrogens (tertiary/aromatic N) is 2. The molecule has 11 nitrogen and oxygen atoms in total. The first-order chi connectivity index (χ1) is 15.9. The van der Waals surface area contributed by atoms with Crippen LogP contribution < -0.4 is 5.32 Å². The number of carbonyl (C=O) groups excluding carboxylic acids is 5. The molecule has 0 radical (unpaired) electrons. The summed E-state index contributed by atoms with van der Waals surface area (Å²) in [6.45, 7) is -0.471. The summed E-state index contributed by atoms with van der Waals surface area (Å²) in [5.74, 6) is -2.26. The minimum atomic E-state index is -1.28. The molecule has 11 heteroatoms. The Morgan fingerprint density at radius 3 is 2.15 bits per heavy atom. The van der Waals surface area contributed by atoms with Gasteiger partial charge in [-0.15, -0.1) is 10.1 Å². The summed E-state index contributed by atoms with van der Waals surface area (Å²) in [7, 11) is 0. The Kier molecular flexibility index (Phi) is 7.95. The molecule has 0 spiro atoms. The van der Waals surface area contributed by atoms with Crippen LogP contribution in [-0.4, -0.2) is 53.2 Å². The zero-order chi connectivity index (χ0) is 23.6. The van der Waals surface area contributed by atoms with Gasteiger partial charge < -0.3 is 19.7 Å². The van der Waals surface area contributed by atoms with Crippen LogP contribution in [0.4, 0.5) is 9.59 Å². The van der Waals surface area contributed by atoms with Crippen LogP contribution in [0, 0.1) is 0 Å². The van der Waals surface area contributed by atoms with Crippen molar-refractivity contribution in [2.75, 3.05) is 13.1 Å². The third-order valence-electron chi connectivity index (χ3n) is 4.38. The van der Waals surface area contributed by atoms with Gasteiger partial charge in [0.25, 0.3) is 11.8 Å². The zero-order valence-corrected chi connectivity index (χ0v) is 17.5. The Morgan fingerprint density at radius 1 is 0.909 bits per heavy atom. The molecule has 1 heterocycles. The van der Waals surface area contributed by atoms with Gasteiger partial charge in [0.05, 0.1) is 12.1 Å². The van der Waals surface area contributed by atoms with Gasteiger partial charge in [0.1, 0.15) is 6.61 Å². The van der Waals surface area contributed by atoms with Crippen LogP contribution in [-0.2, 0) is 30.6 Å². The molecule has 1 aliphatic heterocycles. The highest BCUT2D eigenvalue weighted by Crippen LogP contribution is 2.14. The van der Waals surface area contributed by atoms with Gasteiger partial charge in [-0.1, -0.05) is 48.5 Å². The fraction of sp³-hybridized carbons (Fsp3) is 0.227. The number of alkyl carbamates (subject to hydrolysis) is 1. The fourth-order valence-corrected chi connectivity index (χ4v) is 2.72. The Labute approximate surface area is 188 Å². The molecule has 0 aliphatic carbocycles. The third-order valence-corrected chi connectivity index (χ3v) is 4.38. The summed E-state index contributed by atoms with van der Waals surface area (Å²) in [4.78, 5) is 70.0. The number of hydroxylamine groups is 4. The molecule has 1 saturated heterocycles. The predicted molar refractivity (Wildman–Crippen MR) is 111 cm³/mol. The standard InChI is InChI=1S/C22H21N3O8/c26-18-11-12-19(27)25(18)33-22(30)24(32-20(28)17-9-5-2-6-10-17)14-13-23-21(29)31-15-16-7-3-1-4-8-16/h1-10H,11-15H2,(H,23,29). The summed E-state index contributed by atoms with van der Waals surface area (Å²) in [6.07, 6.45) is -2.22. The Hall–Kier alpha value is -4.41. The first kappa shape index (κ1) is 23.3. The second-order valence-electron chi connectivity index (χ2n) is 6.77. The molecule has 1 fully saturated rings. The number of nitrogens with one attached hydrogen (secondary N) is 1. The SMILES string of the molecule is O=C(NCCN(OC(=O)c1ccccc1)C(=O)ON1C(=O)CCC1=O)OCc1ccccc1. The lowest BCUT2D eigenvalue weighted by Crippen LogP contribution is -2.44. The number of hydrogen-bond donors (Lipinski definition) is 1. The molecular formula is C22H21N3O8. The Morgan fingerprint density at radius 2 is 1.52 bits per heavy atom. The van der Waals surface area contributed by atoms with Crippen molar-refractivity contribution in [1.82, 2.24) is 15.4 Å². The van der Waals surface area contributed by atoms with E-state index in [9.17, 15) is 24.0 Å². The van der Waals surface area contributed by atoms with E-state index in [1.165, 1.54) is 12.1 Å². The highest BCUT2D eigenvalue weighted by Gasteiger charge is 2.35. The lowest BCUT2D eigenvalue weighted by molar-refractivity contribution is -0.183. The quantitative estimate of drug-likeness (QED) is 0.496. The molecule has 0 saturated carbocycles. The minimum Gasteiger partial charge on any atom is -0.445 e. The molecule has 2 aromatic carbocycles. The van der Waals surface area contributed by atoms with Crippen molar-refractivity contribution in [3.63, 3.8) is 0 Å². The molecule has 33 heavy (non-hydrogen) atoms. The molecule has 0 atom stereocenters. The van der Waals surface area contributed by atoms with E-state index in [-0.39, 0.29) is 38.1 Å². The average Bonchev–Trinajstić information content (AvgIpc) is 3.15. The number of ether oxygens (including phenoxy) is 1. The molecule has 3 rings (SSSR count). The van der Waals surface area contributed by atoms with Gasteiger partial charge in [-0.2, -0.15) is 0 Å². The predicted octanol–water partition coefficient (Wildman–Crippen LogP) is 2.19. The Bertz CT molecular complexity index is 997. The molecule has 1 aliphatic rings. The van der Waals surface area contributed by atoms with Crippen LogP contribution in [0.1, 0.15) is 28.8 Å². The highest BCUT2D eigenvalue weighted by atomic mass is 16.8. The van der Waals surface area contributed by atoms with E-state index in [1.807, 2.05) is 6.07 Å². The van der Waals surface area contributed by atoms with Gasteiger partial charge in [0.2, 0.25) is 0 Å². The number of rotatable bonds is 7. The summed E-state index contributed by atoms with van der Waals surface area (Å²) in [5.41, 5.74) is 0.938. The molecule has 1 N–H and O–H groups in total. The number of amides is 4. The summed E-state index contributed by atoms with van der Waals surface area (Å²) in [5, 5.41) is 3.25. The van der Waals surface area contributed by atoms with Crippen molar-refractivity contribution in [2.24, 2.45) is 0 Å². The van der Waals surface area contributed by atoms with Crippen LogP contribution in [0.2, 0.25) is 0 Å². The number of benzene rings is 2. The van der Waals surface area contributed by atoms with Gasteiger partial charge in [0.15, 0.2) is 0 Å². The van der Waals surface area contributed by atoms with Crippen LogP contribution in [0.3, 0.4) is 0 Å². The summed E-state index contributed by atoms with van der Waals surface area (Å²) in [6, 6.07) is 16.8. The second-order valence-corrected chi connectivity index (χ2v) is 6.77. The first-order valence-corrected chi connectivity index (χ1v) is 10.0. The topological polar surface area (TPSA) is 132 Å². The monoisotopic (exact) mass is 455 g/mol. The molecule has 0 bridgehead atoms. The van der Waals surface area contributed by atoms with Crippen molar-refractivity contribution >= 4 is 30.0 Å². The van der Waals surface area contributed by atoms with E-state index >= 15 is 0 Å². The number of carbonyl (C=O) groups is 5. The van der Waals surface area contributed by atoms with Crippen molar-refractivity contribution in [1.29, 1.82) is 0 Å². The van der Waals surface area contributed by atoms with Crippen LogP contribution in [0.15, 0.2) is 60.7 Å². The normalized spacial score (nSPS) is 12.8. The van der Waals surface area contributed by atoms with Crippen LogP contribution >= 0.6 is 0 Å². The molecular weight excluding hydrogens is 434 g/mol. The highest BCUT2D eigenvalue weighted by molar-refractivity contribution is 6.01. The second kappa shape index (κ2) is 11.3. The van der Waals surface area contributed by atoms with E-state index in [0.29, 0.717) is 10.1 Å². The Balaban J connectivity index is 1.56. The van der Waals surface area contributed by atoms with E-state index in [2.05, 4.69) is 5.32 Å². The largest absolute Gasteiger partial charge is 0.468 e. The van der Waals surface area contributed by atoms with Gasteiger partial charge in [-0.3, -0.25) is 9.59 Å². The molecule has 0 aromatic heterocycles. The molecule has 4 amide bonds. The zero-order valence-electron chi connectivity index (χ0n) is 17.5. The van der Waals surface area contributed by atoms with E-state index in [4.69, 9.17) is 14.4 Å². The number of hydrogen-bond acceptors (Lipinski definition) is 8. The lowest BCUT2D eigenvalue weighted by Gasteiger charge is -2.22. The van der Waals surface area contributed by atoms with Crippen molar-refractivity contribution in [3.8, 4) is 0 Å². The third kappa shape index (κ3) is 6.79. The minimum absolute atomic E-state index is 0.0423.